The monoisotopic (exact) mass is 289 g/mol. The Morgan fingerprint density at radius 1 is 1.38 bits per heavy atom. The van der Waals surface area contributed by atoms with Crippen LogP contribution in [0.1, 0.15) is 60.8 Å². The van der Waals surface area contributed by atoms with E-state index in [1.165, 1.54) is 37.1 Å². The summed E-state index contributed by atoms with van der Waals surface area (Å²) >= 11 is 0. The number of nitrogens with zero attached hydrogens (tertiary/aromatic N) is 1. The zero-order chi connectivity index (χ0) is 16.0. The minimum atomic E-state index is 0.553. The summed E-state index contributed by atoms with van der Waals surface area (Å²) in [5.41, 5.74) is 3.17. The summed E-state index contributed by atoms with van der Waals surface area (Å²) < 4.78 is 0. The van der Waals surface area contributed by atoms with Gasteiger partial charge in [0.25, 0.3) is 0 Å². The standard InChI is InChI=1S/C20H35N/c1-8-10-18(6)21(14-17(4)5)15-19-13-20(19,7)12-9-11-16(2)3/h8,10-11,17,19H,6,9,12-15H2,1-5,7H3/b10-8+. The first kappa shape index (κ1) is 18.1. The molecule has 0 aromatic carbocycles. The van der Waals surface area contributed by atoms with Crippen molar-refractivity contribution in [2.24, 2.45) is 17.3 Å². The molecule has 1 aliphatic rings. The predicted octanol–water partition coefficient (Wildman–Crippen LogP) is 5.81. The van der Waals surface area contributed by atoms with Crippen LogP contribution >= 0.6 is 0 Å². The van der Waals surface area contributed by atoms with Gasteiger partial charge in [-0.1, -0.05) is 45.1 Å². The van der Waals surface area contributed by atoms with Gasteiger partial charge in [-0.05, 0) is 63.4 Å². The molecule has 0 aromatic heterocycles. The largest absolute Gasteiger partial charge is 0.371 e. The molecule has 0 aliphatic heterocycles. The third kappa shape index (κ3) is 6.11. The minimum absolute atomic E-state index is 0.553. The van der Waals surface area contributed by atoms with E-state index in [0.29, 0.717) is 11.3 Å². The number of allylic oxidation sites excluding steroid dienone is 4. The normalized spacial score (nSPS) is 24.4. The number of hydrogen-bond donors (Lipinski definition) is 0. The Kier molecular flexibility index (Phi) is 6.77. The fourth-order valence-corrected chi connectivity index (χ4v) is 3.10. The van der Waals surface area contributed by atoms with Crippen LogP contribution < -0.4 is 0 Å². The Labute approximate surface area is 132 Å². The Morgan fingerprint density at radius 3 is 2.57 bits per heavy atom. The molecule has 1 heteroatoms. The first-order valence-electron chi connectivity index (χ1n) is 8.48. The number of hydrogen-bond acceptors (Lipinski definition) is 1. The van der Waals surface area contributed by atoms with Crippen LogP contribution in [0.25, 0.3) is 0 Å². The van der Waals surface area contributed by atoms with E-state index < -0.39 is 0 Å². The zero-order valence-electron chi connectivity index (χ0n) is 15.1. The molecule has 0 N–H and O–H groups in total. The van der Waals surface area contributed by atoms with Gasteiger partial charge in [-0.15, -0.1) is 0 Å². The maximum Gasteiger partial charge on any atom is 0.0290 e. The van der Waals surface area contributed by atoms with E-state index in [-0.39, 0.29) is 0 Å². The lowest BCUT2D eigenvalue weighted by atomic mass is 9.98. The van der Waals surface area contributed by atoms with E-state index in [9.17, 15) is 0 Å². The summed E-state index contributed by atoms with van der Waals surface area (Å²) in [5.74, 6) is 1.52. The van der Waals surface area contributed by atoms with Crippen LogP contribution in [-0.2, 0) is 0 Å². The second kappa shape index (κ2) is 7.87. The van der Waals surface area contributed by atoms with Crippen LogP contribution in [0, 0.1) is 17.3 Å². The van der Waals surface area contributed by atoms with Crippen molar-refractivity contribution in [1.29, 1.82) is 0 Å². The van der Waals surface area contributed by atoms with Crippen LogP contribution in [0.5, 0.6) is 0 Å². The molecule has 1 aliphatic carbocycles. The maximum atomic E-state index is 4.24. The summed E-state index contributed by atoms with van der Waals surface area (Å²) in [6, 6.07) is 0. The van der Waals surface area contributed by atoms with Gasteiger partial charge in [0.1, 0.15) is 0 Å². The molecule has 0 amide bonds. The van der Waals surface area contributed by atoms with Crippen LogP contribution in [0.2, 0.25) is 0 Å². The maximum absolute atomic E-state index is 4.24. The molecule has 0 spiro atoms. The van der Waals surface area contributed by atoms with Crippen molar-refractivity contribution < 1.29 is 0 Å². The highest BCUT2D eigenvalue weighted by atomic mass is 15.1. The Morgan fingerprint density at radius 2 is 2.05 bits per heavy atom. The Hall–Kier alpha value is -0.980. The van der Waals surface area contributed by atoms with Crippen LogP contribution in [-0.4, -0.2) is 18.0 Å². The predicted molar refractivity (Wildman–Crippen MR) is 95.2 cm³/mol. The smallest absolute Gasteiger partial charge is 0.0290 e. The molecular weight excluding hydrogens is 254 g/mol. The second-order valence-electron chi connectivity index (χ2n) is 7.67. The fraction of sp³-hybridized carbons (Fsp3) is 0.700. The molecule has 1 fully saturated rings. The van der Waals surface area contributed by atoms with Crippen molar-refractivity contribution in [3.63, 3.8) is 0 Å². The highest BCUT2D eigenvalue weighted by Gasteiger charge is 2.49. The molecule has 2 atom stereocenters. The molecule has 120 valence electrons. The zero-order valence-corrected chi connectivity index (χ0v) is 15.1. The van der Waals surface area contributed by atoms with Gasteiger partial charge in [0.15, 0.2) is 0 Å². The summed E-state index contributed by atoms with van der Waals surface area (Å²) in [4.78, 5) is 2.49. The van der Waals surface area contributed by atoms with Crippen LogP contribution in [0.3, 0.4) is 0 Å². The van der Waals surface area contributed by atoms with Crippen molar-refractivity contribution in [3.05, 3.63) is 36.1 Å². The Balaban J connectivity index is 2.53. The molecule has 21 heavy (non-hydrogen) atoms. The molecule has 0 aromatic rings. The van der Waals surface area contributed by atoms with E-state index in [2.05, 4.69) is 71.2 Å². The second-order valence-corrected chi connectivity index (χ2v) is 7.67. The fourth-order valence-electron chi connectivity index (χ4n) is 3.10. The quantitative estimate of drug-likeness (QED) is 0.382. The van der Waals surface area contributed by atoms with Crippen molar-refractivity contribution in [1.82, 2.24) is 4.90 Å². The average molecular weight is 290 g/mol. The molecule has 0 saturated heterocycles. The van der Waals surface area contributed by atoms with E-state index >= 15 is 0 Å². The molecule has 0 heterocycles. The Bertz CT molecular complexity index is 398. The lowest BCUT2D eigenvalue weighted by Gasteiger charge is -2.28. The van der Waals surface area contributed by atoms with Crippen molar-refractivity contribution in [2.75, 3.05) is 13.1 Å². The average Bonchev–Trinajstić information content (AvgIpc) is 2.98. The van der Waals surface area contributed by atoms with E-state index in [4.69, 9.17) is 0 Å². The van der Waals surface area contributed by atoms with Gasteiger partial charge < -0.3 is 4.90 Å². The van der Waals surface area contributed by atoms with Crippen molar-refractivity contribution >= 4 is 0 Å². The van der Waals surface area contributed by atoms with Gasteiger partial charge in [0, 0.05) is 18.8 Å². The van der Waals surface area contributed by atoms with Crippen LogP contribution in [0.4, 0.5) is 0 Å². The van der Waals surface area contributed by atoms with Crippen LogP contribution in [0.15, 0.2) is 36.1 Å². The van der Waals surface area contributed by atoms with Gasteiger partial charge >= 0.3 is 0 Å². The van der Waals surface area contributed by atoms with Gasteiger partial charge in [0.2, 0.25) is 0 Å². The highest BCUT2D eigenvalue weighted by Crippen LogP contribution is 2.56. The summed E-state index contributed by atoms with van der Waals surface area (Å²) in [6.45, 7) is 20.0. The first-order valence-corrected chi connectivity index (χ1v) is 8.48. The highest BCUT2D eigenvalue weighted by molar-refractivity contribution is 5.14. The topological polar surface area (TPSA) is 3.24 Å². The first-order chi connectivity index (χ1) is 9.78. The van der Waals surface area contributed by atoms with Crippen molar-refractivity contribution in [3.8, 4) is 0 Å². The van der Waals surface area contributed by atoms with E-state index in [1.807, 2.05) is 0 Å². The molecule has 1 rings (SSSR count). The summed E-state index contributed by atoms with van der Waals surface area (Å²) in [7, 11) is 0. The molecule has 0 bridgehead atoms. The third-order valence-electron chi connectivity index (χ3n) is 4.60. The van der Waals surface area contributed by atoms with Gasteiger partial charge in [-0.25, -0.2) is 0 Å². The van der Waals surface area contributed by atoms with Gasteiger partial charge in [-0.2, -0.15) is 0 Å². The van der Waals surface area contributed by atoms with E-state index in [0.717, 1.165) is 12.5 Å². The van der Waals surface area contributed by atoms with Crippen molar-refractivity contribution in [2.45, 2.75) is 60.8 Å². The third-order valence-corrected chi connectivity index (χ3v) is 4.60. The SMILES string of the molecule is C=C(/C=C/C)N(CC(C)C)CC1CC1(C)CCC=C(C)C. The minimum Gasteiger partial charge on any atom is -0.371 e. The molecule has 0 radical (unpaired) electrons. The lowest BCUT2D eigenvalue weighted by molar-refractivity contribution is 0.281. The lowest BCUT2D eigenvalue weighted by Crippen LogP contribution is -2.29. The molecule has 2 unspecified atom stereocenters. The van der Waals surface area contributed by atoms with E-state index in [1.54, 1.807) is 0 Å². The summed E-state index contributed by atoms with van der Waals surface area (Å²) in [6.07, 6.45) is 10.6. The van der Waals surface area contributed by atoms with Gasteiger partial charge in [0.05, 0.1) is 0 Å². The molecular formula is C20H35N. The molecule has 1 saturated carbocycles. The molecule has 1 nitrogen and oxygen atoms in total. The van der Waals surface area contributed by atoms with Gasteiger partial charge in [-0.3, -0.25) is 0 Å². The summed E-state index contributed by atoms with van der Waals surface area (Å²) in [5, 5.41) is 0. The number of rotatable bonds is 9.